The normalized spacial score (nSPS) is 6.50. The van der Waals surface area contributed by atoms with Gasteiger partial charge in [0.1, 0.15) is 0 Å². The highest BCUT2D eigenvalue weighted by Gasteiger charge is 1.64. The van der Waals surface area contributed by atoms with Gasteiger partial charge in [0.05, 0.1) is 0 Å². The van der Waals surface area contributed by atoms with Crippen molar-refractivity contribution < 1.29 is 4.55 Å². The van der Waals surface area contributed by atoms with Gasteiger partial charge >= 0.3 is 0 Å². The smallest absolute Gasteiger partial charge is 0.225 e. The Bertz CT molecular complexity index is 10.0. The molecule has 3 heteroatoms. The van der Waals surface area contributed by atoms with Gasteiger partial charge < -0.3 is 4.55 Å². The van der Waals surface area contributed by atoms with E-state index in [1.165, 1.54) is 0 Å². The van der Waals surface area contributed by atoms with Crippen LogP contribution in [0.2, 0.25) is 6.82 Å². The average molecular weight is 75.9 g/mol. The van der Waals surface area contributed by atoms with E-state index in [4.69, 9.17) is 4.55 Å². The Kier molecular flexibility index (Phi) is 3.69. The fourth-order valence-electron chi connectivity index (χ4n) is 0. The van der Waals surface area contributed by atoms with Crippen LogP contribution in [-0.4, -0.2) is 11.1 Å². The Morgan fingerprint density at radius 1 is 2.00 bits per heavy atom. The summed E-state index contributed by atoms with van der Waals surface area (Å²) in [6.07, 6.45) is 0. The molecular weight excluding hydrogens is 70.9 g/mol. The monoisotopic (exact) mass is 76.0 g/mol. The van der Waals surface area contributed by atoms with Gasteiger partial charge in [0.25, 0.3) is 0 Å². The summed E-state index contributed by atoms with van der Waals surface area (Å²) in [5.41, 5.74) is 0. The van der Waals surface area contributed by atoms with Crippen molar-refractivity contribution in [3.05, 3.63) is 0 Å². The van der Waals surface area contributed by atoms with Crippen LogP contribution in [0.25, 0.3) is 0 Å². The van der Waals surface area contributed by atoms with E-state index in [2.05, 4.69) is 0 Å². The van der Waals surface area contributed by atoms with E-state index in [0.29, 0.717) is 0 Å². The SMILES string of the molecule is CBSO. The van der Waals surface area contributed by atoms with E-state index in [0.717, 1.165) is 18.5 Å². The van der Waals surface area contributed by atoms with Crippen molar-refractivity contribution in [2.45, 2.75) is 6.82 Å². The van der Waals surface area contributed by atoms with Crippen molar-refractivity contribution in [2.24, 2.45) is 0 Å². The molecule has 0 aliphatic heterocycles. The van der Waals surface area contributed by atoms with Crippen LogP contribution in [0.5, 0.6) is 0 Å². The predicted molar refractivity (Wildman–Crippen MR) is 23.2 cm³/mol. The largest absolute Gasteiger partial charge is 0.342 e. The van der Waals surface area contributed by atoms with Crippen molar-refractivity contribution in [1.29, 1.82) is 0 Å². The molecule has 4 heavy (non-hydrogen) atoms. The van der Waals surface area contributed by atoms with Crippen molar-refractivity contribution >= 4 is 18.5 Å². The summed E-state index contributed by atoms with van der Waals surface area (Å²) in [6, 6.07) is 0. The third-order valence-electron chi connectivity index (χ3n) is 0.129. The van der Waals surface area contributed by atoms with Crippen LogP contribution >= 0.6 is 11.9 Å². The Labute approximate surface area is 30.8 Å². The molecule has 0 spiro atoms. The first-order valence-corrected chi connectivity index (χ1v) is 2.12. The van der Waals surface area contributed by atoms with Crippen molar-refractivity contribution in [2.75, 3.05) is 0 Å². The lowest BCUT2D eigenvalue weighted by Crippen LogP contribution is -1.60. The van der Waals surface area contributed by atoms with E-state index in [1.54, 1.807) is 0 Å². The quantitative estimate of drug-likeness (QED) is 0.364. The molecule has 0 bridgehead atoms. The Hall–Kier alpha value is 0.375. The summed E-state index contributed by atoms with van der Waals surface area (Å²) in [5.74, 6) is 0. The van der Waals surface area contributed by atoms with Gasteiger partial charge in [-0.15, -0.1) is 0 Å². The maximum atomic E-state index is 7.79. The molecule has 0 atom stereocenters. The second-order valence-electron chi connectivity index (χ2n) is 0.418. The van der Waals surface area contributed by atoms with Crippen molar-refractivity contribution in [3.63, 3.8) is 0 Å². The molecule has 0 aromatic rings. The van der Waals surface area contributed by atoms with Gasteiger partial charge in [-0.25, -0.2) is 0 Å². The third kappa shape index (κ3) is 2.37. The first kappa shape index (κ1) is 4.37. The van der Waals surface area contributed by atoms with Crippen LogP contribution in [-0.2, 0) is 0 Å². The zero-order valence-corrected chi connectivity index (χ0v) is 3.38. The highest BCUT2D eigenvalue weighted by molar-refractivity contribution is 8.17. The lowest BCUT2D eigenvalue weighted by atomic mass is 10.2. The first-order valence-electron chi connectivity index (χ1n) is 1.18. The standard InChI is InChI=1S/CH5BOS/c1-2-4-3/h2-3H,1H3. The summed E-state index contributed by atoms with van der Waals surface area (Å²) in [6.45, 7) is 2.69. The maximum absolute atomic E-state index is 7.79. The van der Waals surface area contributed by atoms with Gasteiger partial charge in [-0.05, 0) is 0 Å². The molecule has 0 unspecified atom stereocenters. The lowest BCUT2D eigenvalue weighted by molar-refractivity contribution is 0.675. The second-order valence-corrected chi connectivity index (χ2v) is 1.25. The molecule has 0 saturated heterocycles. The van der Waals surface area contributed by atoms with E-state index >= 15 is 0 Å². The summed E-state index contributed by atoms with van der Waals surface area (Å²) in [4.78, 5) is 0. The first-order chi connectivity index (χ1) is 1.91. The van der Waals surface area contributed by atoms with E-state index < -0.39 is 0 Å². The molecule has 0 radical (unpaired) electrons. The predicted octanol–water partition coefficient (Wildman–Crippen LogP) is 0.592. The fourth-order valence-corrected chi connectivity index (χ4v) is 0. The van der Waals surface area contributed by atoms with Crippen LogP contribution in [0, 0.1) is 0 Å². The van der Waals surface area contributed by atoms with Crippen LogP contribution in [0.15, 0.2) is 0 Å². The maximum Gasteiger partial charge on any atom is 0.225 e. The van der Waals surface area contributed by atoms with E-state index in [-0.39, 0.29) is 0 Å². The summed E-state index contributed by atoms with van der Waals surface area (Å²) in [7, 11) is 0. The topological polar surface area (TPSA) is 20.2 Å². The van der Waals surface area contributed by atoms with E-state index in [9.17, 15) is 0 Å². The molecule has 0 fully saturated rings. The molecule has 1 nitrogen and oxygen atoms in total. The Morgan fingerprint density at radius 3 is 2.25 bits per heavy atom. The minimum absolute atomic E-state index is 0.792. The number of hydrogen-bond donors (Lipinski definition) is 1. The van der Waals surface area contributed by atoms with Gasteiger partial charge in [-0.2, -0.15) is 0 Å². The number of rotatable bonds is 1. The molecular formula is CH5BOS. The Morgan fingerprint density at radius 2 is 2.25 bits per heavy atom. The second kappa shape index (κ2) is 3.37. The molecule has 0 heterocycles. The van der Waals surface area contributed by atoms with E-state index in [1.807, 2.05) is 6.82 Å². The van der Waals surface area contributed by atoms with Gasteiger partial charge in [0.2, 0.25) is 6.56 Å². The Balaban J connectivity index is 1.97. The highest BCUT2D eigenvalue weighted by Crippen LogP contribution is 1.79. The van der Waals surface area contributed by atoms with Gasteiger partial charge in [0, 0.05) is 0 Å². The molecule has 0 aromatic carbocycles. The van der Waals surface area contributed by atoms with Gasteiger partial charge in [-0.3, -0.25) is 0 Å². The highest BCUT2D eigenvalue weighted by atomic mass is 32.2. The minimum atomic E-state index is 0.792. The molecule has 1 N–H and O–H groups in total. The van der Waals surface area contributed by atoms with Crippen molar-refractivity contribution in [3.8, 4) is 0 Å². The molecule has 0 aliphatic carbocycles. The molecule has 0 aliphatic rings. The van der Waals surface area contributed by atoms with Gasteiger partial charge in [0.15, 0.2) is 0 Å². The molecule has 0 rings (SSSR count). The van der Waals surface area contributed by atoms with Gasteiger partial charge in [-0.1, -0.05) is 18.7 Å². The number of hydrogen-bond acceptors (Lipinski definition) is 2. The summed E-state index contributed by atoms with van der Waals surface area (Å²) >= 11 is 0.856. The molecule has 24 valence electrons. The third-order valence-corrected chi connectivity index (χ3v) is 0.387. The zero-order chi connectivity index (χ0) is 3.41. The molecule has 0 amide bonds. The molecule has 0 saturated carbocycles. The van der Waals surface area contributed by atoms with Crippen LogP contribution in [0.1, 0.15) is 0 Å². The lowest BCUT2D eigenvalue weighted by Gasteiger charge is -1.65. The average Bonchev–Trinajstić information content (AvgIpc) is 1.37. The summed E-state index contributed by atoms with van der Waals surface area (Å²) in [5, 5.41) is 0. The van der Waals surface area contributed by atoms with Crippen LogP contribution in [0.3, 0.4) is 0 Å². The van der Waals surface area contributed by atoms with Crippen LogP contribution < -0.4 is 0 Å². The summed E-state index contributed by atoms with van der Waals surface area (Å²) < 4.78 is 7.79. The zero-order valence-electron chi connectivity index (χ0n) is 2.56. The van der Waals surface area contributed by atoms with Crippen molar-refractivity contribution in [1.82, 2.24) is 0 Å². The van der Waals surface area contributed by atoms with Crippen LogP contribution in [0.4, 0.5) is 0 Å². The molecule has 0 aromatic heterocycles. The minimum Gasteiger partial charge on any atom is -0.342 e. The fraction of sp³-hybridized carbons (Fsp3) is 1.00.